The smallest absolute Gasteiger partial charge is 0.363 e. The van der Waals surface area contributed by atoms with Crippen LogP contribution in [0.3, 0.4) is 0 Å². The molecule has 6 nitrogen and oxygen atoms in total. The summed E-state index contributed by atoms with van der Waals surface area (Å²) in [5.41, 5.74) is 1.52. The number of rotatable bonds is 4. The molecule has 0 radical (unpaired) electrons. The van der Waals surface area contributed by atoms with E-state index < -0.39 is 11.9 Å². The highest BCUT2D eigenvalue weighted by atomic mass is 79.9. The Morgan fingerprint density at radius 3 is 2.69 bits per heavy atom. The summed E-state index contributed by atoms with van der Waals surface area (Å²) in [5.74, 6) is -0.0716. The molecule has 0 N–H and O–H groups in total. The molecule has 3 rings (SSSR count). The van der Waals surface area contributed by atoms with E-state index in [0.29, 0.717) is 22.6 Å². The van der Waals surface area contributed by atoms with E-state index in [-0.39, 0.29) is 11.6 Å². The Balaban J connectivity index is 1.92. The SMILES string of the molecule is COc1cc(C=C2N=C(c3cccc(Br)c3)OC2=O)ccc1OC(C)=O. The van der Waals surface area contributed by atoms with E-state index in [4.69, 9.17) is 14.2 Å². The van der Waals surface area contributed by atoms with Gasteiger partial charge >= 0.3 is 11.9 Å². The lowest BCUT2D eigenvalue weighted by Gasteiger charge is -2.08. The van der Waals surface area contributed by atoms with Crippen molar-refractivity contribution >= 4 is 39.8 Å². The fraction of sp³-hybridized carbons (Fsp3) is 0.105. The van der Waals surface area contributed by atoms with E-state index in [1.54, 1.807) is 30.3 Å². The quantitative estimate of drug-likeness (QED) is 0.432. The molecule has 2 aromatic rings. The zero-order valence-corrected chi connectivity index (χ0v) is 15.6. The molecule has 0 aliphatic carbocycles. The molecule has 0 aromatic heterocycles. The number of hydrogen-bond acceptors (Lipinski definition) is 6. The topological polar surface area (TPSA) is 74.2 Å². The molecule has 1 aliphatic rings. The largest absolute Gasteiger partial charge is 0.493 e. The molecule has 0 atom stereocenters. The molecule has 1 aliphatic heterocycles. The van der Waals surface area contributed by atoms with Crippen LogP contribution in [0.1, 0.15) is 18.1 Å². The van der Waals surface area contributed by atoms with Crippen LogP contribution in [-0.4, -0.2) is 24.9 Å². The normalized spacial score (nSPS) is 14.8. The fourth-order valence-electron chi connectivity index (χ4n) is 2.33. The number of cyclic esters (lactones) is 1. The van der Waals surface area contributed by atoms with Crippen molar-refractivity contribution in [1.29, 1.82) is 0 Å². The van der Waals surface area contributed by atoms with Crippen LogP contribution in [0.25, 0.3) is 6.08 Å². The van der Waals surface area contributed by atoms with Gasteiger partial charge in [-0.25, -0.2) is 9.79 Å². The molecule has 2 aromatic carbocycles. The highest BCUT2D eigenvalue weighted by molar-refractivity contribution is 9.10. The van der Waals surface area contributed by atoms with Crippen LogP contribution in [0.2, 0.25) is 0 Å². The molecule has 132 valence electrons. The number of halogens is 1. The third kappa shape index (κ3) is 4.00. The van der Waals surface area contributed by atoms with E-state index >= 15 is 0 Å². The maximum absolute atomic E-state index is 12.1. The molecule has 0 unspecified atom stereocenters. The average molecular weight is 416 g/mol. The van der Waals surface area contributed by atoms with Gasteiger partial charge in [0, 0.05) is 17.0 Å². The van der Waals surface area contributed by atoms with E-state index in [9.17, 15) is 9.59 Å². The first kappa shape index (κ1) is 17.9. The second-order valence-electron chi connectivity index (χ2n) is 5.35. The van der Waals surface area contributed by atoms with Gasteiger partial charge in [0.25, 0.3) is 0 Å². The van der Waals surface area contributed by atoms with E-state index in [1.165, 1.54) is 14.0 Å². The number of hydrogen-bond donors (Lipinski definition) is 0. The van der Waals surface area contributed by atoms with Crippen molar-refractivity contribution in [2.75, 3.05) is 7.11 Å². The average Bonchev–Trinajstić information content (AvgIpc) is 2.96. The van der Waals surface area contributed by atoms with Crippen LogP contribution in [-0.2, 0) is 14.3 Å². The van der Waals surface area contributed by atoms with Gasteiger partial charge in [-0.15, -0.1) is 0 Å². The Bertz CT molecular complexity index is 949. The van der Waals surface area contributed by atoms with Crippen molar-refractivity contribution in [3.05, 3.63) is 63.8 Å². The van der Waals surface area contributed by atoms with Gasteiger partial charge in [-0.3, -0.25) is 4.79 Å². The van der Waals surface area contributed by atoms with Crippen molar-refractivity contribution < 1.29 is 23.8 Å². The van der Waals surface area contributed by atoms with Gasteiger partial charge in [0.2, 0.25) is 5.90 Å². The zero-order chi connectivity index (χ0) is 18.7. The van der Waals surface area contributed by atoms with Crippen molar-refractivity contribution in [2.45, 2.75) is 6.92 Å². The molecule has 1 heterocycles. The summed E-state index contributed by atoms with van der Waals surface area (Å²) in [7, 11) is 1.46. The Labute approximate surface area is 158 Å². The van der Waals surface area contributed by atoms with Gasteiger partial charge in [0.1, 0.15) is 0 Å². The highest BCUT2D eigenvalue weighted by Crippen LogP contribution is 2.30. The zero-order valence-electron chi connectivity index (χ0n) is 14.0. The number of aliphatic imine (C=N–C) groups is 1. The minimum Gasteiger partial charge on any atom is -0.493 e. The van der Waals surface area contributed by atoms with Gasteiger partial charge in [0.15, 0.2) is 17.2 Å². The van der Waals surface area contributed by atoms with Gasteiger partial charge in [0.05, 0.1) is 7.11 Å². The first-order valence-electron chi connectivity index (χ1n) is 7.61. The lowest BCUT2D eigenvalue weighted by atomic mass is 10.1. The van der Waals surface area contributed by atoms with Crippen molar-refractivity contribution in [3.8, 4) is 11.5 Å². The maximum Gasteiger partial charge on any atom is 0.363 e. The standard InChI is InChI=1S/C19H14BrNO5/c1-11(22)25-16-7-6-12(9-17(16)24-2)8-15-19(23)26-18(21-15)13-4-3-5-14(20)10-13/h3-10H,1-2H3. The summed E-state index contributed by atoms with van der Waals surface area (Å²) < 4.78 is 16.4. The molecular weight excluding hydrogens is 402 g/mol. The van der Waals surface area contributed by atoms with Crippen LogP contribution in [0.15, 0.2) is 57.6 Å². The number of nitrogens with zero attached hydrogens (tertiary/aromatic N) is 1. The maximum atomic E-state index is 12.1. The van der Waals surface area contributed by atoms with Gasteiger partial charge in [-0.05, 0) is 42.0 Å². The van der Waals surface area contributed by atoms with Crippen LogP contribution < -0.4 is 9.47 Å². The van der Waals surface area contributed by atoms with E-state index in [1.807, 2.05) is 18.2 Å². The molecule has 0 bridgehead atoms. The monoisotopic (exact) mass is 415 g/mol. The molecule has 0 saturated heterocycles. The summed E-state index contributed by atoms with van der Waals surface area (Å²) in [6, 6.07) is 12.2. The number of carbonyl (C=O) groups is 2. The Kier molecular flexibility index (Phi) is 5.18. The predicted molar refractivity (Wildman–Crippen MR) is 99.1 cm³/mol. The van der Waals surface area contributed by atoms with Gasteiger partial charge in [-0.2, -0.15) is 0 Å². The molecular formula is C19H14BrNO5. The number of benzene rings is 2. The first-order valence-corrected chi connectivity index (χ1v) is 8.40. The molecule has 7 heteroatoms. The minimum atomic E-state index is -0.539. The fourth-order valence-corrected chi connectivity index (χ4v) is 2.72. The number of esters is 2. The van der Waals surface area contributed by atoms with Crippen LogP contribution in [0.4, 0.5) is 0 Å². The summed E-state index contributed by atoms with van der Waals surface area (Å²) in [6.45, 7) is 1.31. The van der Waals surface area contributed by atoms with Crippen LogP contribution >= 0.6 is 15.9 Å². The summed E-state index contributed by atoms with van der Waals surface area (Å²) >= 11 is 3.37. The second kappa shape index (κ2) is 7.53. The summed E-state index contributed by atoms with van der Waals surface area (Å²) in [6.07, 6.45) is 1.58. The Morgan fingerprint density at radius 1 is 1.19 bits per heavy atom. The molecule has 0 fully saturated rings. The number of methoxy groups -OCH3 is 1. The minimum absolute atomic E-state index is 0.169. The Hall–Kier alpha value is -2.93. The highest BCUT2D eigenvalue weighted by Gasteiger charge is 2.24. The summed E-state index contributed by atoms with van der Waals surface area (Å²) in [4.78, 5) is 27.5. The third-order valence-corrected chi connectivity index (χ3v) is 3.93. The molecule has 0 saturated carbocycles. The number of carbonyl (C=O) groups excluding carboxylic acids is 2. The van der Waals surface area contributed by atoms with Gasteiger partial charge in [-0.1, -0.05) is 28.1 Å². The second-order valence-corrected chi connectivity index (χ2v) is 6.27. The van der Waals surface area contributed by atoms with Gasteiger partial charge < -0.3 is 14.2 Å². The van der Waals surface area contributed by atoms with Crippen molar-refractivity contribution in [1.82, 2.24) is 0 Å². The predicted octanol–water partition coefficient (Wildman–Crippen LogP) is 3.73. The third-order valence-electron chi connectivity index (χ3n) is 3.44. The lowest BCUT2D eigenvalue weighted by molar-refractivity contribution is -0.132. The van der Waals surface area contributed by atoms with Crippen molar-refractivity contribution in [3.63, 3.8) is 0 Å². The van der Waals surface area contributed by atoms with Crippen LogP contribution in [0, 0.1) is 0 Å². The molecule has 0 spiro atoms. The molecule has 26 heavy (non-hydrogen) atoms. The summed E-state index contributed by atoms with van der Waals surface area (Å²) in [5, 5.41) is 0. The van der Waals surface area contributed by atoms with Crippen molar-refractivity contribution in [2.24, 2.45) is 4.99 Å². The molecule has 0 amide bonds. The first-order chi connectivity index (χ1) is 12.5. The van der Waals surface area contributed by atoms with E-state index in [0.717, 1.165) is 4.47 Å². The lowest BCUT2D eigenvalue weighted by Crippen LogP contribution is -2.05. The van der Waals surface area contributed by atoms with Crippen LogP contribution in [0.5, 0.6) is 11.5 Å². The van der Waals surface area contributed by atoms with E-state index in [2.05, 4.69) is 20.9 Å². The number of ether oxygens (including phenoxy) is 3. The Morgan fingerprint density at radius 2 is 2.00 bits per heavy atom.